The van der Waals surface area contributed by atoms with Crippen LogP contribution in [0.25, 0.3) is 83.5 Å². The van der Waals surface area contributed by atoms with Crippen LogP contribution in [0.1, 0.15) is 26.3 Å². The molecule has 0 radical (unpaired) electrons. The Labute approximate surface area is 340 Å². The van der Waals surface area contributed by atoms with E-state index in [1.165, 1.54) is 11.6 Å². The number of pyridine rings is 2. The predicted molar refractivity (Wildman–Crippen MR) is 223 cm³/mol. The fourth-order valence-electron chi connectivity index (χ4n) is 7.55. The molecule has 3 aromatic heterocycles. The van der Waals surface area contributed by atoms with Crippen molar-refractivity contribution in [2.24, 2.45) is 0 Å². The van der Waals surface area contributed by atoms with Crippen molar-refractivity contribution in [3.05, 3.63) is 181 Å². The Balaban J connectivity index is 0.00000441. The Hall–Kier alpha value is -6.16. The van der Waals surface area contributed by atoms with Gasteiger partial charge in [0.05, 0.1) is 16.7 Å². The number of nitrogens with zero attached hydrogens (tertiary/aromatic N) is 3. The molecule has 9 aromatic rings. The summed E-state index contributed by atoms with van der Waals surface area (Å²) >= 11 is 0. The van der Waals surface area contributed by atoms with Crippen molar-refractivity contribution in [3.63, 3.8) is 0 Å². The molecule has 0 aliphatic heterocycles. The first-order chi connectivity index (χ1) is 26.7. The van der Waals surface area contributed by atoms with Gasteiger partial charge in [-0.1, -0.05) is 123 Å². The van der Waals surface area contributed by atoms with Gasteiger partial charge < -0.3 is 9.67 Å². The van der Waals surface area contributed by atoms with Crippen LogP contribution in [0.15, 0.2) is 164 Å². The zero-order chi connectivity index (χ0) is 37.7. The Kier molecular flexibility index (Phi) is 9.74. The third kappa shape index (κ3) is 6.73. The van der Waals surface area contributed by atoms with Crippen LogP contribution >= 0.6 is 0 Å². The number of phenols is 1. The molecule has 276 valence electrons. The van der Waals surface area contributed by atoms with Crippen molar-refractivity contribution in [2.75, 3.05) is 0 Å². The molecule has 0 saturated carbocycles. The molecule has 9 rings (SSSR count). The van der Waals surface area contributed by atoms with E-state index in [2.05, 4.69) is 98.1 Å². The van der Waals surface area contributed by atoms with Gasteiger partial charge in [-0.3, -0.25) is 9.97 Å². The number of rotatable bonds is 6. The predicted octanol–water partition coefficient (Wildman–Crippen LogP) is 12.8. The average Bonchev–Trinajstić information content (AvgIpc) is 3.55. The summed E-state index contributed by atoms with van der Waals surface area (Å²) in [5.74, 6) is -0.141. The molecule has 0 atom stereocenters. The molecule has 1 N–H and O–H groups in total. The Morgan fingerprint density at radius 3 is 2.02 bits per heavy atom. The maximum absolute atomic E-state index is 14.8. The van der Waals surface area contributed by atoms with Gasteiger partial charge in [-0.15, -0.1) is 24.3 Å². The van der Waals surface area contributed by atoms with Gasteiger partial charge >= 0.3 is 0 Å². The van der Waals surface area contributed by atoms with Crippen molar-refractivity contribution in [2.45, 2.75) is 26.2 Å². The topological polar surface area (TPSA) is 50.9 Å². The van der Waals surface area contributed by atoms with Gasteiger partial charge in [0.25, 0.3) is 0 Å². The average molecular weight is 910 g/mol. The molecule has 0 fully saturated rings. The zero-order valence-corrected chi connectivity index (χ0v) is 33.3. The summed E-state index contributed by atoms with van der Waals surface area (Å²) in [5.41, 5.74) is 12.4. The third-order valence-corrected chi connectivity index (χ3v) is 10.3. The second-order valence-electron chi connectivity index (χ2n) is 14.9. The second-order valence-corrected chi connectivity index (χ2v) is 14.9. The summed E-state index contributed by atoms with van der Waals surface area (Å²) in [4.78, 5) is 9.86. The number of halogens is 1. The Morgan fingerprint density at radius 1 is 0.589 bits per heavy atom. The van der Waals surface area contributed by atoms with Gasteiger partial charge in [-0.2, -0.15) is 0 Å². The van der Waals surface area contributed by atoms with E-state index in [0.29, 0.717) is 17.0 Å². The van der Waals surface area contributed by atoms with Crippen LogP contribution < -0.4 is 0 Å². The van der Waals surface area contributed by atoms with Crippen LogP contribution in [-0.2, 0) is 26.5 Å². The van der Waals surface area contributed by atoms with Crippen LogP contribution in [-0.4, -0.2) is 19.6 Å². The zero-order valence-electron chi connectivity index (χ0n) is 31.1. The fourth-order valence-corrected chi connectivity index (χ4v) is 7.55. The summed E-state index contributed by atoms with van der Waals surface area (Å²) in [7, 11) is 0. The molecule has 0 bridgehead atoms. The fraction of sp³-hybridized carbons (Fsp3) is 0.0800. The normalized spacial score (nSPS) is 11.5. The summed E-state index contributed by atoms with van der Waals surface area (Å²) in [6, 6.07) is 55.0. The molecule has 0 aliphatic rings. The third-order valence-electron chi connectivity index (χ3n) is 10.3. The first-order valence-electron chi connectivity index (χ1n) is 18.4. The van der Waals surface area contributed by atoms with E-state index < -0.39 is 0 Å². The van der Waals surface area contributed by atoms with Crippen LogP contribution in [0.4, 0.5) is 4.39 Å². The molecule has 0 amide bonds. The minimum atomic E-state index is -0.291. The maximum Gasteiger partial charge on any atom is 0.125 e. The molecule has 56 heavy (non-hydrogen) atoms. The van der Waals surface area contributed by atoms with Crippen molar-refractivity contribution in [3.8, 4) is 67.5 Å². The standard InChI is InChI=1S/C50H37FN3O.Pt/c1-50(2,3)35-25-26-52-44(30-35)32-13-10-14-33(27-32)45-28-34(29-46(53-45)43-20-7-9-24-48(43)55)38-17-4-5-18-39(38)41-21-12-22-42-40-19-6-8-23-47(40)54(49(41)42)37-16-11-15-36(51)31-37;/h4-26,28-31,55H,1-3H3;/q-1;. The van der Waals surface area contributed by atoms with Crippen molar-refractivity contribution < 1.29 is 30.6 Å². The van der Waals surface area contributed by atoms with Crippen LogP contribution in [0.2, 0.25) is 0 Å². The number of aromatic hydroxyl groups is 1. The van der Waals surface area contributed by atoms with E-state index in [4.69, 9.17) is 9.97 Å². The van der Waals surface area contributed by atoms with Gasteiger partial charge in [-0.25, -0.2) is 4.39 Å². The molecular weight excluding hydrogens is 873 g/mol. The summed E-state index contributed by atoms with van der Waals surface area (Å²) in [6.07, 6.45) is 1.86. The summed E-state index contributed by atoms with van der Waals surface area (Å²) < 4.78 is 17.0. The van der Waals surface area contributed by atoms with Crippen LogP contribution in [0, 0.1) is 11.9 Å². The van der Waals surface area contributed by atoms with Gasteiger partial charge in [0, 0.05) is 66.2 Å². The first-order valence-corrected chi connectivity index (χ1v) is 18.4. The van der Waals surface area contributed by atoms with Gasteiger partial charge in [0.1, 0.15) is 11.6 Å². The molecule has 0 saturated heterocycles. The van der Waals surface area contributed by atoms with Crippen molar-refractivity contribution in [1.29, 1.82) is 0 Å². The van der Waals surface area contributed by atoms with E-state index in [1.807, 2.05) is 72.9 Å². The number of hydrogen-bond acceptors (Lipinski definition) is 3. The van der Waals surface area contributed by atoms with E-state index >= 15 is 0 Å². The van der Waals surface area contributed by atoms with E-state index in [-0.39, 0.29) is 38.0 Å². The molecule has 0 unspecified atom stereocenters. The molecule has 6 aromatic carbocycles. The van der Waals surface area contributed by atoms with E-state index in [1.54, 1.807) is 18.2 Å². The minimum Gasteiger partial charge on any atom is -0.507 e. The van der Waals surface area contributed by atoms with Crippen LogP contribution in [0.3, 0.4) is 0 Å². The Bertz CT molecular complexity index is 2910. The number of phenolic OH excluding ortho intramolecular Hbond substituents is 1. The molecule has 4 nitrogen and oxygen atoms in total. The largest absolute Gasteiger partial charge is 0.507 e. The van der Waals surface area contributed by atoms with Gasteiger partial charge in [0.2, 0.25) is 0 Å². The number of benzene rings is 6. The number of hydrogen-bond donors (Lipinski definition) is 1. The SMILES string of the molecule is CC(C)(C)c1ccnc(-c2[c-]c(-c3cc(-c4ccccc4-c4cccc5c6ccccc6n(-c6cccc(F)c6)c45)cc(-c4ccccc4O)n3)ccc2)c1.[Pt]. The number of fused-ring (bicyclic) bond motifs is 3. The maximum atomic E-state index is 14.8. The van der Waals surface area contributed by atoms with Crippen molar-refractivity contribution in [1.82, 2.24) is 14.5 Å². The van der Waals surface area contributed by atoms with E-state index in [0.717, 1.165) is 66.6 Å². The van der Waals surface area contributed by atoms with Crippen LogP contribution in [0.5, 0.6) is 5.75 Å². The Morgan fingerprint density at radius 2 is 1.23 bits per heavy atom. The molecule has 3 heterocycles. The van der Waals surface area contributed by atoms with E-state index in [9.17, 15) is 9.50 Å². The second kappa shape index (κ2) is 14.8. The molecule has 6 heteroatoms. The smallest absolute Gasteiger partial charge is 0.125 e. The summed E-state index contributed by atoms with van der Waals surface area (Å²) in [5, 5.41) is 13.2. The number of aromatic nitrogens is 3. The summed E-state index contributed by atoms with van der Waals surface area (Å²) in [6.45, 7) is 6.59. The first kappa shape index (κ1) is 36.8. The molecule has 0 spiro atoms. The minimum absolute atomic E-state index is 0. The monoisotopic (exact) mass is 909 g/mol. The number of para-hydroxylation sites is 3. The van der Waals surface area contributed by atoms with Gasteiger partial charge in [0.15, 0.2) is 0 Å². The molecular formula is C50H37FN3OPt-. The van der Waals surface area contributed by atoms with Gasteiger partial charge in [-0.05, 0) is 76.2 Å². The quantitative estimate of drug-likeness (QED) is 0.169. The van der Waals surface area contributed by atoms with Crippen molar-refractivity contribution >= 4 is 21.8 Å². The molecule has 0 aliphatic carbocycles.